The second kappa shape index (κ2) is 14.5. The number of fused-ring (bicyclic) bond motifs is 1. The minimum absolute atomic E-state index is 0.0283. The van der Waals surface area contributed by atoms with E-state index in [1.165, 1.54) is 4.90 Å². The lowest BCUT2D eigenvalue weighted by molar-refractivity contribution is -0.145. The zero-order valence-corrected chi connectivity index (χ0v) is 26.5. The molecule has 0 spiro atoms. The van der Waals surface area contributed by atoms with Gasteiger partial charge >= 0.3 is 12.0 Å². The number of esters is 1. The first-order valence-electron chi connectivity index (χ1n) is 14.8. The van der Waals surface area contributed by atoms with Crippen molar-refractivity contribution in [3.8, 4) is 5.75 Å². The zero-order chi connectivity index (χ0) is 31.9. The van der Waals surface area contributed by atoms with Crippen molar-refractivity contribution in [2.24, 2.45) is 0 Å². The highest BCUT2D eigenvalue weighted by Gasteiger charge is 2.36. The summed E-state index contributed by atoms with van der Waals surface area (Å²) in [6.07, 6.45) is 0.943. The van der Waals surface area contributed by atoms with Crippen LogP contribution in [0.25, 0.3) is 0 Å². The van der Waals surface area contributed by atoms with Crippen molar-refractivity contribution in [2.75, 3.05) is 25.0 Å². The van der Waals surface area contributed by atoms with Crippen molar-refractivity contribution in [2.45, 2.75) is 58.5 Å². The Balaban J connectivity index is 1.45. The fraction of sp³-hybridized carbons (Fsp3) is 0.364. The van der Waals surface area contributed by atoms with Crippen molar-refractivity contribution in [3.05, 3.63) is 89.0 Å². The van der Waals surface area contributed by atoms with Gasteiger partial charge in [0, 0.05) is 30.4 Å². The second-order valence-corrected chi connectivity index (χ2v) is 16.7. The van der Waals surface area contributed by atoms with Gasteiger partial charge in [0.25, 0.3) is 5.91 Å². The predicted octanol–water partition coefficient (Wildman–Crippen LogP) is 5.68. The van der Waals surface area contributed by atoms with Gasteiger partial charge in [0.15, 0.2) is 0 Å². The maximum atomic E-state index is 14.9. The van der Waals surface area contributed by atoms with Crippen LogP contribution in [0.3, 0.4) is 0 Å². The number of hydrogen-bond acceptors (Lipinski definition) is 5. The highest BCUT2D eigenvalue weighted by Crippen LogP contribution is 2.33. The van der Waals surface area contributed by atoms with Crippen molar-refractivity contribution in [1.82, 2.24) is 10.2 Å². The number of ether oxygens (including phenoxy) is 2. The van der Waals surface area contributed by atoms with Crippen LogP contribution in [-0.2, 0) is 27.4 Å². The summed E-state index contributed by atoms with van der Waals surface area (Å²) in [5.74, 6) is -1.75. The third-order valence-electron chi connectivity index (χ3n) is 7.30. The quantitative estimate of drug-likeness (QED) is 0.163. The maximum absolute atomic E-state index is 14.9. The van der Waals surface area contributed by atoms with Crippen molar-refractivity contribution < 1.29 is 32.6 Å². The molecule has 1 atom stereocenters. The molecule has 0 aromatic heterocycles. The number of nitrogens with one attached hydrogen (secondary N) is 2. The topological polar surface area (TPSA) is 97.0 Å². The van der Waals surface area contributed by atoms with Crippen molar-refractivity contribution in [3.63, 3.8) is 0 Å². The molecule has 1 aliphatic heterocycles. The number of anilines is 1. The van der Waals surface area contributed by atoms with E-state index in [2.05, 4.69) is 10.6 Å². The molecule has 4 rings (SSSR count). The van der Waals surface area contributed by atoms with E-state index in [4.69, 9.17) is 9.47 Å². The number of benzene rings is 3. The van der Waals surface area contributed by atoms with Crippen LogP contribution in [-0.4, -0.2) is 50.6 Å². The molecule has 3 amide bonds. The first kappa shape index (κ1) is 32.7. The van der Waals surface area contributed by atoms with E-state index in [1.807, 2.05) is 63.0 Å². The average molecular weight is 624 g/mol. The Morgan fingerprint density at radius 1 is 1.00 bits per heavy atom. The number of nitrogens with zero attached hydrogens (tertiary/aromatic N) is 1. The molecule has 0 aliphatic carbocycles. The first-order chi connectivity index (χ1) is 21.0. The molecular formula is C33H39F2N3O5Si. The van der Waals surface area contributed by atoms with Gasteiger partial charge in [-0.15, -0.1) is 0 Å². The molecule has 0 saturated carbocycles. The Morgan fingerprint density at radius 3 is 2.36 bits per heavy atom. The first-order valence-corrected chi connectivity index (χ1v) is 18.3. The fourth-order valence-corrected chi connectivity index (χ4v) is 6.85. The van der Waals surface area contributed by atoms with Crippen LogP contribution in [0.4, 0.5) is 19.3 Å². The van der Waals surface area contributed by atoms with Crippen LogP contribution in [0.5, 0.6) is 5.75 Å². The minimum Gasteiger partial charge on any atom is -0.494 e. The summed E-state index contributed by atoms with van der Waals surface area (Å²) in [5.41, 5.74) is 2.29. The Labute approximate surface area is 257 Å². The number of halogens is 2. The van der Waals surface area contributed by atoms with E-state index in [9.17, 15) is 23.2 Å². The Morgan fingerprint density at radius 2 is 1.70 bits per heavy atom. The van der Waals surface area contributed by atoms with E-state index in [1.54, 1.807) is 12.1 Å². The van der Waals surface area contributed by atoms with Gasteiger partial charge in [-0.3, -0.25) is 9.59 Å². The molecule has 0 unspecified atom stereocenters. The molecule has 0 fully saturated rings. The van der Waals surface area contributed by atoms with E-state index in [0.717, 1.165) is 23.3 Å². The van der Waals surface area contributed by atoms with Crippen LogP contribution >= 0.6 is 0 Å². The molecule has 0 saturated heterocycles. The van der Waals surface area contributed by atoms with Gasteiger partial charge in [0.2, 0.25) is 0 Å². The van der Waals surface area contributed by atoms with Crippen LogP contribution < -0.4 is 20.6 Å². The third-order valence-corrected chi connectivity index (χ3v) is 9.28. The van der Waals surface area contributed by atoms with Gasteiger partial charge in [-0.1, -0.05) is 56.0 Å². The Bertz CT molecular complexity index is 1470. The molecule has 3 aromatic carbocycles. The van der Waals surface area contributed by atoms with Crippen LogP contribution in [0.2, 0.25) is 19.6 Å². The number of amides is 3. The molecule has 3 aromatic rings. The van der Waals surface area contributed by atoms with Crippen molar-refractivity contribution >= 4 is 36.9 Å². The summed E-state index contributed by atoms with van der Waals surface area (Å²) in [4.78, 5) is 40.6. The lowest BCUT2D eigenvalue weighted by atomic mass is 9.91. The highest BCUT2D eigenvalue weighted by molar-refractivity contribution is 6.88. The molecule has 44 heavy (non-hydrogen) atoms. The smallest absolute Gasteiger partial charge is 0.318 e. The largest absolute Gasteiger partial charge is 0.494 e. The zero-order valence-electron chi connectivity index (χ0n) is 25.5. The van der Waals surface area contributed by atoms with Crippen LogP contribution in [0.1, 0.15) is 42.5 Å². The monoisotopic (exact) mass is 623 g/mol. The number of carbonyl (C=O) groups excluding carboxylic acids is 3. The van der Waals surface area contributed by atoms with Gasteiger partial charge in [-0.2, -0.15) is 0 Å². The summed E-state index contributed by atoms with van der Waals surface area (Å²) in [5, 5.41) is 5.49. The molecular weight excluding hydrogens is 584 g/mol. The van der Waals surface area contributed by atoms with E-state index < -0.39 is 37.7 Å². The summed E-state index contributed by atoms with van der Waals surface area (Å²) in [7, 11) is -2.31. The lowest BCUT2D eigenvalue weighted by Gasteiger charge is -2.36. The predicted molar refractivity (Wildman–Crippen MR) is 168 cm³/mol. The van der Waals surface area contributed by atoms with Crippen LogP contribution in [0, 0.1) is 11.6 Å². The molecule has 0 radical (unpaired) electrons. The van der Waals surface area contributed by atoms with Gasteiger partial charge in [-0.25, -0.2) is 13.6 Å². The number of urea groups is 1. The molecule has 1 heterocycles. The summed E-state index contributed by atoms with van der Waals surface area (Å²) < 4.78 is 40.8. The third kappa shape index (κ3) is 8.22. The van der Waals surface area contributed by atoms with E-state index >= 15 is 0 Å². The Kier molecular flexibility index (Phi) is 10.7. The Hall–Kier alpha value is -4.25. The molecule has 2 N–H and O–H groups in total. The molecule has 0 bridgehead atoms. The molecule has 11 heteroatoms. The molecule has 1 aliphatic rings. The van der Waals surface area contributed by atoms with E-state index in [-0.39, 0.29) is 43.0 Å². The van der Waals surface area contributed by atoms with Crippen molar-refractivity contribution in [1.29, 1.82) is 0 Å². The standard InChI is InChI=1S/C33H39F2N3O5Si/c1-5-42-25-13-14-26-23(18-25)15-17-38(33(41)36-16-9-12-29(39)43-21-22-10-7-6-8-11-22)30(26)32(40)37-24-19-27(34)31(28(35)20-24)44(2,3)4/h6-8,10-11,13-14,18-20,30H,5,9,12,15-17,21H2,1-4H3,(H,36,41)(H,37,40)/t30-/m1/s1. The fourth-order valence-electron chi connectivity index (χ4n) is 5.27. The van der Waals surface area contributed by atoms with E-state index in [0.29, 0.717) is 30.8 Å². The second-order valence-electron chi connectivity index (χ2n) is 11.7. The van der Waals surface area contributed by atoms with Crippen LogP contribution in [0.15, 0.2) is 60.7 Å². The normalized spacial score (nSPS) is 14.4. The van der Waals surface area contributed by atoms with Gasteiger partial charge in [-0.05, 0) is 60.7 Å². The molecule has 8 nitrogen and oxygen atoms in total. The number of carbonyl (C=O) groups is 3. The maximum Gasteiger partial charge on any atom is 0.318 e. The van der Waals surface area contributed by atoms with Gasteiger partial charge in [0.1, 0.15) is 30.0 Å². The summed E-state index contributed by atoms with van der Waals surface area (Å²) in [6, 6.07) is 15.3. The summed E-state index contributed by atoms with van der Waals surface area (Å²) >= 11 is 0. The molecule has 234 valence electrons. The number of hydrogen-bond donors (Lipinski definition) is 2. The lowest BCUT2D eigenvalue weighted by Crippen LogP contribution is -2.49. The number of rotatable bonds is 11. The van der Waals surface area contributed by atoms with Gasteiger partial charge in [0.05, 0.1) is 14.7 Å². The highest BCUT2D eigenvalue weighted by atomic mass is 28.3. The van der Waals surface area contributed by atoms with Gasteiger partial charge < -0.3 is 25.0 Å². The average Bonchev–Trinajstić information content (AvgIpc) is 2.97. The minimum atomic E-state index is -2.31. The SMILES string of the molecule is CCOc1ccc2c(c1)CCN(C(=O)NCCCC(=O)OCc1ccccc1)[C@H]2C(=O)Nc1cc(F)c([Si](C)(C)C)c(F)c1. The summed E-state index contributed by atoms with van der Waals surface area (Å²) in [6.45, 7) is 8.45.